The van der Waals surface area contributed by atoms with E-state index in [-0.39, 0.29) is 18.3 Å². The van der Waals surface area contributed by atoms with Crippen molar-refractivity contribution in [1.82, 2.24) is 0 Å². The normalized spacial score (nSPS) is 26.7. The molecule has 1 aliphatic heterocycles. The molecule has 0 radical (unpaired) electrons. The Balaban J connectivity index is 1.64. The van der Waals surface area contributed by atoms with Gasteiger partial charge in [0.2, 0.25) is 0 Å². The lowest BCUT2D eigenvalue weighted by molar-refractivity contribution is -0.207. The van der Waals surface area contributed by atoms with Gasteiger partial charge in [-0.1, -0.05) is 74.5 Å². The molecule has 154 valence electrons. The van der Waals surface area contributed by atoms with Gasteiger partial charge < -0.3 is 14.2 Å². The second-order valence-electron chi connectivity index (χ2n) is 7.89. The largest absolute Gasteiger partial charge is 0.374 e. The maximum atomic E-state index is 8.99. The molecule has 0 spiro atoms. The van der Waals surface area contributed by atoms with Gasteiger partial charge in [-0.25, -0.2) is 0 Å². The Morgan fingerprint density at radius 1 is 0.862 bits per heavy atom. The van der Waals surface area contributed by atoms with Crippen molar-refractivity contribution in [2.45, 2.75) is 58.2 Å². The highest BCUT2D eigenvalue weighted by molar-refractivity contribution is 5.14. The first-order chi connectivity index (χ1) is 14.2. The molecule has 0 aliphatic carbocycles. The molecule has 0 saturated carbocycles. The van der Waals surface area contributed by atoms with E-state index in [0.717, 1.165) is 17.5 Å². The number of hydrogen-bond acceptors (Lipinski definition) is 4. The van der Waals surface area contributed by atoms with E-state index >= 15 is 0 Å². The standard InChI is InChI=1S/C25H31NO3/c1-19-20(2)25(28-17-22-12-7-4-8-13-22)24(29-23(19)14-9-15-26)18-27-16-21-10-5-3-6-11-21/h3-8,10-13,19-20,23-25H,9,14,16-18H2,1-2H3/t19-,20+,23+,24+,25-/m0/s1. The van der Waals surface area contributed by atoms with Crippen LogP contribution in [-0.4, -0.2) is 24.9 Å². The molecule has 0 bridgehead atoms. The molecule has 4 nitrogen and oxygen atoms in total. The molecular weight excluding hydrogens is 362 g/mol. The molecule has 0 aromatic heterocycles. The second kappa shape index (κ2) is 11.1. The lowest BCUT2D eigenvalue weighted by Crippen LogP contribution is -2.52. The van der Waals surface area contributed by atoms with Crippen LogP contribution >= 0.6 is 0 Å². The predicted octanol–water partition coefficient (Wildman–Crippen LogP) is 5.13. The molecule has 0 amide bonds. The average molecular weight is 394 g/mol. The van der Waals surface area contributed by atoms with Gasteiger partial charge in [0.1, 0.15) is 6.10 Å². The summed E-state index contributed by atoms with van der Waals surface area (Å²) < 4.78 is 18.8. The topological polar surface area (TPSA) is 51.5 Å². The van der Waals surface area contributed by atoms with Gasteiger partial charge in [0, 0.05) is 6.42 Å². The van der Waals surface area contributed by atoms with Crippen molar-refractivity contribution in [3.8, 4) is 6.07 Å². The minimum Gasteiger partial charge on any atom is -0.374 e. The van der Waals surface area contributed by atoms with Crippen LogP contribution in [0.3, 0.4) is 0 Å². The summed E-state index contributed by atoms with van der Waals surface area (Å²) in [5.41, 5.74) is 2.30. The van der Waals surface area contributed by atoms with Gasteiger partial charge in [-0.05, 0) is 29.4 Å². The van der Waals surface area contributed by atoms with E-state index in [2.05, 4.69) is 44.2 Å². The minimum atomic E-state index is -0.141. The summed E-state index contributed by atoms with van der Waals surface area (Å²) >= 11 is 0. The molecule has 0 N–H and O–H groups in total. The summed E-state index contributed by atoms with van der Waals surface area (Å²) in [6.07, 6.45) is 1.14. The molecule has 29 heavy (non-hydrogen) atoms. The lowest BCUT2D eigenvalue weighted by Gasteiger charge is -2.44. The highest BCUT2D eigenvalue weighted by Crippen LogP contribution is 2.35. The predicted molar refractivity (Wildman–Crippen MR) is 113 cm³/mol. The molecule has 1 saturated heterocycles. The molecule has 1 fully saturated rings. The van der Waals surface area contributed by atoms with E-state index in [4.69, 9.17) is 19.5 Å². The average Bonchev–Trinajstić information content (AvgIpc) is 2.76. The molecule has 3 rings (SSSR count). The van der Waals surface area contributed by atoms with Gasteiger partial charge in [-0.2, -0.15) is 5.26 Å². The highest BCUT2D eigenvalue weighted by atomic mass is 16.6. The van der Waals surface area contributed by atoms with Gasteiger partial charge in [-0.15, -0.1) is 0 Å². The van der Waals surface area contributed by atoms with Crippen LogP contribution in [-0.2, 0) is 27.4 Å². The first-order valence-electron chi connectivity index (χ1n) is 10.5. The Hall–Kier alpha value is -2.19. The van der Waals surface area contributed by atoms with Gasteiger partial charge >= 0.3 is 0 Å². The van der Waals surface area contributed by atoms with Crippen LogP contribution in [0.4, 0.5) is 0 Å². The Morgan fingerprint density at radius 2 is 1.48 bits per heavy atom. The number of nitriles is 1. The van der Waals surface area contributed by atoms with E-state index in [9.17, 15) is 0 Å². The number of benzene rings is 2. The molecule has 1 aliphatic rings. The summed E-state index contributed by atoms with van der Waals surface area (Å²) in [6.45, 7) is 6.02. The second-order valence-corrected chi connectivity index (χ2v) is 7.89. The zero-order chi connectivity index (χ0) is 20.5. The fraction of sp³-hybridized carbons (Fsp3) is 0.480. The summed E-state index contributed by atoms with van der Waals surface area (Å²) in [5.74, 6) is 0.649. The third-order valence-corrected chi connectivity index (χ3v) is 5.87. The number of ether oxygens (including phenoxy) is 3. The monoisotopic (exact) mass is 393 g/mol. The number of rotatable bonds is 9. The van der Waals surface area contributed by atoms with Crippen LogP contribution in [0.25, 0.3) is 0 Å². The third kappa shape index (κ3) is 6.14. The fourth-order valence-electron chi connectivity index (χ4n) is 3.97. The van der Waals surface area contributed by atoms with Crippen LogP contribution in [0, 0.1) is 23.2 Å². The molecule has 5 atom stereocenters. The van der Waals surface area contributed by atoms with Gasteiger partial charge in [0.15, 0.2) is 0 Å². The number of nitrogens with zero attached hydrogens (tertiary/aromatic N) is 1. The van der Waals surface area contributed by atoms with Crippen LogP contribution in [0.2, 0.25) is 0 Å². The molecule has 0 unspecified atom stereocenters. The Kier molecular flexibility index (Phi) is 8.25. The van der Waals surface area contributed by atoms with E-state index in [1.807, 2.05) is 36.4 Å². The first kappa shape index (κ1) is 21.5. The highest BCUT2D eigenvalue weighted by Gasteiger charge is 2.41. The molecule has 2 aromatic carbocycles. The number of hydrogen-bond donors (Lipinski definition) is 0. The Labute approximate surface area is 174 Å². The molecule has 2 aromatic rings. The van der Waals surface area contributed by atoms with Crippen LogP contribution in [0.5, 0.6) is 0 Å². The molecular formula is C25H31NO3. The van der Waals surface area contributed by atoms with Crippen molar-refractivity contribution in [2.24, 2.45) is 11.8 Å². The van der Waals surface area contributed by atoms with E-state index in [0.29, 0.717) is 38.1 Å². The maximum Gasteiger partial charge on any atom is 0.108 e. The minimum absolute atomic E-state index is 0.0423. The summed E-state index contributed by atoms with van der Waals surface area (Å²) in [4.78, 5) is 0. The van der Waals surface area contributed by atoms with Crippen molar-refractivity contribution in [3.05, 3.63) is 71.8 Å². The van der Waals surface area contributed by atoms with Crippen molar-refractivity contribution in [1.29, 1.82) is 5.26 Å². The van der Waals surface area contributed by atoms with Crippen LogP contribution < -0.4 is 0 Å². The third-order valence-electron chi connectivity index (χ3n) is 5.87. The van der Waals surface area contributed by atoms with E-state index < -0.39 is 0 Å². The van der Waals surface area contributed by atoms with E-state index in [1.165, 1.54) is 0 Å². The quantitative estimate of drug-likeness (QED) is 0.592. The van der Waals surface area contributed by atoms with Gasteiger partial charge in [0.25, 0.3) is 0 Å². The van der Waals surface area contributed by atoms with Crippen molar-refractivity contribution < 1.29 is 14.2 Å². The van der Waals surface area contributed by atoms with Crippen LogP contribution in [0.15, 0.2) is 60.7 Å². The smallest absolute Gasteiger partial charge is 0.108 e. The lowest BCUT2D eigenvalue weighted by atomic mass is 9.80. The van der Waals surface area contributed by atoms with Gasteiger partial charge in [-0.3, -0.25) is 0 Å². The summed E-state index contributed by atoms with van der Waals surface area (Å²) in [7, 11) is 0. The Bertz CT molecular complexity index is 759. The van der Waals surface area contributed by atoms with Crippen molar-refractivity contribution >= 4 is 0 Å². The summed E-state index contributed by atoms with van der Waals surface area (Å²) in [6, 6.07) is 22.6. The van der Waals surface area contributed by atoms with Gasteiger partial charge in [0.05, 0.1) is 38.1 Å². The zero-order valence-electron chi connectivity index (χ0n) is 17.4. The van der Waals surface area contributed by atoms with Crippen molar-refractivity contribution in [2.75, 3.05) is 6.61 Å². The SMILES string of the molecule is C[C@@H]1[C@H](C)[C@@H](CCC#N)O[C@H](COCc2ccccc2)[C@H]1OCc1ccccc1. The zero-order valence-corrected chi connectivity index (χ0v) is 17.4. The van der Waals surface area contributed by atoms with Crippen LogP contribution in [0.1, 0.15) is 37.8 Å². The van der Waals surface area contributed by atoms with E-state index in [1.54, 1.807) is 0 Å². The maximum absolute atomic E-state index is 8.99. The molecule has 1 heterocycles. The Morgan fingerprint density at radius 3 is 2.10 bits per heavy atom. The first-order valence-corrected chi connectivity index (χ1v) is 10.5. The summed E-state index contributed by atoms with van der Waals surface area (Å²) in [5, 5.41) is 8.99. The molecule has 4 heteroatoms. The fourth-order valence-corrected chi connectivity index (χ4v) is 3.97. The van der Waals surface area contributed by atoms with Crippen molar-refractivity contribution in [3.63, 3.8) is 0 Å².